The molecule has 7 nitrogen and oxygen atoms in total. The van der Waals surface area contributed by atoms with Crippen LogP contribution in [0.3, 0.4) is 0 Å². The van der Waals surface area contributed by atoms with Crippen molar-refractivity contribution in [2.24, 2.45) is 0 Å². The molecule has 0 saturated carbocycles. The highest BCUT2D eigenvalue weighted by Gasteiger charge is 2.21. The third kappa shape index (κ3) is 4.90. The Morgan fingerprint density at radius 3 is 2.32 bits per heavy atom. The Hall–Kier alpha value is -4.13. The van der Waals surface area contributed by atoms with Crippen molar-refractivity contribution in [3.63, 3.8) is 0 Å². The summed E-state index contributed by atoms with van der Waals surface area (Å²) in [6, 6.07) is 22.7. The third-order valence-corrected chi connectivity index (χ3v) is 4.70. The number of furan rings is 1. The summed E-state index contributed by atoms with van der Waals surface area (Å²) in [6.07, 6.45) is 1.64. The lowest BCUT2D eigenvalue weighted by Gasteiger charge is -2.07. The van der Waals surface area contributed by atoms with Crippen LogP contribution in [0.4, 0.5) is 0 Å². The summed E-state index contributed by atoms with van der Waals surface area (Å²) < 4.78 is 7.31. The van der Waals surface area contributed by atoms with Gasteiger partial charge in [0.15, 0.2) is 5.76 Å². The highest BCUT2D eigenvalue weighted by molar-refractivity contribution is 6.00. The zero-order valence-electron chi connectivity index (χ0n) is 17.0. The maximum Gasteiger partial charge on any atom is 0.255 e. The molecule has 2 aromatic heterocycles. The van der Waals surface area contributed by atoms with Crippen molar-refractivity contribution in [1.29, 1.82) is 0 Å². The van der Waals surface area contributed by atoms with Gasteiger partial charge in [0.1, 0.15) is 11.5 Å². The maximum absolute atomic E-state index is 12.9. The van der Waals surface area contributed by atoms with E-state index in [2.05, 4.69) is 15.7 Å². The maximum atomic E-state index is 12.9. The molecular weight excluding hydrogens is 392 g/mol. The number of benzene rings is 2. The van der Waals surface area contributed by atoms with Crippen LogP contribution >= 0.6 is 0 Å². The topological polar surface area (TPSA) is 89.2 Å². The fourth-order valence-electron chi connectivity index (χ4n) is 3.11. The molecule has 0 saturated heterocycles. The van der Waals surface area contributed by atoms with E-state index in [4.69, 9.17) is 4.42 Å². The lowest BCUT2D eigenvalue weighted by atomic mass is 10.2. The second-order valence-corrected chi connectivity index (χ2v) is 7.03. The number of aromatic nitrogens is 2. The molecule has 0 fully saturated rings. The number of para-hydroxylation sites is 1. The van der Waals surface area contributed by atoms with Crippen LogP contribution in [0.5, 0.6) is 0 Å². The average molecular weight is 414 g/mol. The number of nitrogens with zero attached hydrogens (tertiary/aromatic N) is 2. The molecule has 2 N–H and O–H groups in total. The number of hydrogen-bond donors (Lipinski definition) is 2. The highest BCUT2D eigenvalue weighted by Crippen LogP contribution is 2.25. The molecule has 0 spiro atoms. The van der Waals surface area contributed by atoms with Crippen LogP contribution in [0.25, 0.3) is 17.1 Å². The third-order valence-electron chi connectivity index (χ3n) is 4.70. The number of aryl methyl sites for hydroxylation is 1. The molecule has 4 rings (SSSR count). The van der Waals surface area contributed by atoms with Crippen molar-refractivity contribution in [2.45, 2.75) is 13.5 Å². The minimum atomic E-state index is -0.402. The smallest absolute Gasteiger partial charge is 0.255 e. The van der Waals surface area contributed by atoms with E-state index in [1.165, 1.54) is 0 Å². The summed E-state index contributed by atoms with van der Waals surface area (Å²) in [5.74, 6) is 0.533. The van der Waals surface area contributed by atoms with Crippen molar-refractivity contribution < 1.29 is 14.0 Å². The van der Waals surface area contributed by atoms with Gasteiger partial charge in [0.25, 0.3) is 5.91 Å². The molecular formula is C24H22N4O3. The van der Waals surface area contributed by atoms with E-state index in [-0.39, 0.29) is 12.5 Å². The van der Waals surface area contributed by atoms with Crippen LogP contribution in [-0.2, 0) is 11.3 Å². The molecule has 0 aliphatic rings. The summed E-state index contributed by atoms with van der Waals surface area (Å²) in [5.41, 5.74) is 2.54. The van der Waals surface area contributed by atoms with Crippen molar-refractivity contribution in [2.75, 3.05) is 6.54 Å². The number of nitrogens with one attached hydrogen (secondary N) is 2. The Labute approximate surface area is 179 Å². The lowest BCUT2D eigenvalue weighted by Crippen LogP contribution is -2.36. The van der Waals surface area contributed by atoms with E-state index < -0.39 is 5.91 Å². The first-order valence-corrected chi connectivity index (χ1v) is 9.91. The Kier molecular flexibility index (Phi) is 5.93. The van der Waals surface area contributed by atoms with Gasteiger partial charge in [-0.3, -0.25) is 9.59 Å². The fraction of sp³-hybridized carbons (Fsp3) is 0.125. The summed E-state index contributed by atoms with van der Waals surface area (Å²) in [6.45, 7) is 2.09. The number of amides is 2. The highest BCUT2D eigenvalue weighted by atomic mass is 16.3. The van der Waals surface area contributed by atoms with Crippen LogP contribution < -0.4 is 10.6 Å². The van der Waals surface area contributed by atoms with Gasteiger partial charge in [0.05, 0.1) is 17.8 Å². The molecule has 2 heterocycles. The Balaban J connectivity index is 1.48. The average Bonchev–Trinajstić information content (AvgIpc) is 3.44. The van der Waals surface area contributed by atoms with E-state index in [0.29, 0.717) is 23.6 Å². The minimum absolute atomic E-state index is 0.140. The van der Waals surface area contributed by atoms with Gasteiger partial charge in [-0.2, -0.15) is 5.10 Å². The van der Waals surface area contributed by atoms with Crippen molar-refractivity contribution in [3.8, 4) is 17.1 Å². The van der Waals surface area contributed by atoms with E-state index >= 15 is 0 Å². The van der Waals surface area contributed by atoms with Crippen LogP contribution in [0, 0.1) is 6.92 Å². The molecule has 0 unspecified atom stereocenters. The normalized spacial score (nSPS) is 10.6. The van der Waals surface area contributed by atoms with Gasteiger partial charge in [0.2, 0.25) is 5.91 Å². The molecule has 0 radical (unpaired) electrons. The van der Waals surface area contributed by atoms with Crippen LogP contribution in [0.1, 0.15) is 21.7 Å². The zero-order chi connectivity index (χ0) is 21.6. The van der Waals surface area contributed by atoms with Crippen molar-refractivity contribution in [1.82, 2.24) is 20.4 Å². The number of carbonyl (C=O) groups excluding carboxylic acids is 2. The lowest BCUT2D eigenvalue weighted by molar-refractivity contribution is -0.120. The number of carbonyl (C=O) groups is 2. The van der Waals surface area contributed by atoms with E-state index in [0.717, 1.165) is 17.0 Å². The molecule has 0 bridgehead atoms. The van der Waals surface area contributed by atoms with Gasteiger partial charge in [-0.05, 0) is 36.8 Å². The SMILES string of the molecule is Cc1ccc(-c2nn(-c3ccccc3)cc2C(=O)NCC(=O)NCc2ccccc2)o1. The van der Waals surface area contributed by atoms with Gasteiger partial charge in [0, 0.05) is 12.7 Å². The molecule has 4 aromatic rings. The molecule has 7 heteroatoms. The molecule has 0 atom stereocenters. The van der Waals surface area contributed by atoms with Crippen LogP contribution in [-0.4, -0.2) is 28.1 Å². The first-order valence-electron chi connectivity index (χ1n) is 9.91. The van der Waals surface area contributed by atoms with Gasteiger partial charge >= 0.3 is 0 Å². The van der Waals surface area contributed by atoms with Gasteiger partial charge < -0.3 is 15.1 Å². The van der Waals surface area contributed by atoms with E-state index in [1.807, 2.05) is 73.7 Å². The molecule has 156 valence electrons. The largest absolute Gasteiger partial charge is 0.460 e. The first-order chi connectivity index (χ1) is 15.1. The summed E-state index contributed by atoms with van der Waals surface area (Å²) in [4.78, 5) is 25.1. The van der Waals surface area contributed by atoms with Crippen molar-refractivity contribution >= 4 is 11.8 Å². The molecule has 2 aromatic carbocycles. The molecule has 0 aliphatic heterocycles. The monoisotopic (exact) mass is 414 g/mol. The fourth-order valence-corrected chi connectivity index (χ4v) is 3.11. The predicted molar refractivity (Wildman–Crippen MR) is 117 cm³/mol. The number of rotatable bonds is 7. The molecule has 31 heavy (non-hydrogen) atoms. The molecule has 0 aliphatic carbocycles. The Bertz CT molecular complexity index is 1180. The second-order valence-electron chi connectivity index (χ2n) is 7.03. The minimum Gasteiger partial charge on any atom is -0.460 e. The van der Waals surface area contributed by atoms with Gasteiger partial charge in [-0.25, -0.2) is 4.68 Å². The van der Waals surface area contributed by atoms with Gasteiger partial charge in [-0.15, -0.1) is 0 Å². The quantitative estimate of drug-likeness (QED) is 0.485. The van der Waals surface area contributed by atoms with Crippen molar-refractivity contribution in [3.05, 3.63) is 95.9 Å². The standard InChI is InChI=1S/C24H22N4O3/c1-17-12-13-21(31-17)23-20(16-28(27-23)19-10-6-3-7-11-19)24(30)26-15-22(29)25-14-18-8-4-2-5-9-18/h2-13,16H,14-15H2,1H3,(H,25,29)(H,26,30). The summed E-state index contributed by atoms with van der Waals surface area (Å²) in [5, 5.41) is 10.0. The van der Waals surface area contributed by atoms with Crippen LogP contribution in [0.2, 0.25) is 0 Å². The van der Waals surface area contributed by atoms with E-state index in [9.17, 15) is 9.59 Å². The molecule has 2 amide bonds. The number of hydrogen-bond acceptors (Lipinski definition) is 4. The Morgan fingerprint density at radius 1 is 0.935 bits per heavy atom. The second kappa shape index (κ2) is 9.13. The van der Waals surface area contributed by atoms with E-state index in [1.54, 1.807) is 16.9 Å². The summed E-state index contributed by atoms with van der Waals surface area (Å²) in [7, 11) is 0. The Morgan fingerprint density at radius 2 is 1.65 bits per heavy atom. The summed E-state index contributed by atoms with van der Waals surface area (Å²) >= 11 is 0. The first kappa shape index (κ1) is 20.2. The van der Waals surface area contributed by atoms with Gasteiger partial charge in [-0.1, -0.05) is 48.5 Å². The zero-order valence-corrected chi connectivity index (χ0v) is 17.0. The van der Waals surface area contributed by atoms with Crippen LogP contribution in [0.15, 0.2) is 83.4 Å². The predicted octanol–water partition coefficient (Wildman–Crippen LogP) is 3.49.